The maximum Gasteiger partial charge on any atom is 0.225 e. The molecule has 176 valence electrons. The zero-order valence-corrected chi connectivity index (χ0v) is 19.3. The number of ether oxygens (including phenoxy) is 1. The topological polar surface area (TPSA) is 57.7 Å². The normalized spacial score (nSPS) is 19.2. The van der Waals surface area contributed by atoms with Gasteiger partial charge in [-0.05, 0) is 54.4 Å². The fourth-order valence-electron chi connectivity index (χ4n) is 5.08. The largest absolute Gasteiger partial charge is 0.497 e. The van der Waals surface area contributed by atoms with Crippen molar-refractivity contribution in [3.63, 3.8) is 0 Å². The molecule has 6 nitrogen and oxygen atoms in total. The van der Waals surface area contributed by atoms with Crippen molar-refractivity contribution in [2.45, 2.75) is 18.9 Å². The van der Waals surface area contributed by atoms with Crippen molar-refractivity contribution in [2.75, 3.05) is 43.1 Å². The second kappa shape index (κ2) is 9.71. The van der Waals surface area contributed by atoms with Gasteiger partial charge in [-0.25, -0.2) is 4.39 Å². The van der Waals surface area contributed by atoms with Crippen molar-refractivity contribution in [1.82, 2.24) is 10.3 Å². The molecule has 3 heterocycles. The molecule has 0 aliphatic carbocycles. The Balaban J connectivity index is 1.37. The molecule has 2 atom stereocenters. The van der Waals surface area contributed by atoms with Gasteiger partial charge in [0, 0.05) is 61.9 Å². The number of halogens is 1. The molecule has 1 amide bonds. The van der Waals surface area contributed by atoms with Crippen LogP contribution >= 0.6 is 0 Å². The molecule has 1 fully saturated rings. The van der Waals surface area contributed by atoms with Crippen molar-refractivity contribution in [1.29, 1.82) is 0 Å². The number of carbonyl (C=O) groups excluding carboxylic acids is 1. The van der Waals surface area contributed by atoms with Gasteiger partial charge in [-0.2, -0.15) is 0 Å². The Morgan fingerprint density at radius 3 is 2.76 bits per heavy atom. The molecule has 7 heteroatoms. The number of hydrogen-bond acceptors (Lipinski definition) is 5. The quantitative estimate of drug-likeness (QED) is 0.611. The van der Waals surface area contributed by atoms with E-state index in [-0.39, 0.29) is 23.7 Å². The first-order valence-electron chi connectivity index (χ1n) is 11.7. The fraction of sp³-hybridized carbons (Fsp3) is 0.333. The summed E-state index contributed by atoms with van der Waals surface area (Å²) in [6, 6.07) is 18.5. The number of nitrogens with zero attached hydrogens (tertiary/aromatic N) is 3. The molecule has 2 aliphatic heterocycles. The minimum Gasteiger partial charge on any atom is -0.497 e. The molecule has 0 bridgehead atoms. The van der Waals surface area contributed by atoms with Crippen LogP contribution in [0, 0.1) is 11.7 Å². The van der Waals surface area contributed by atoms with Gasteiger partial charge in [0.2, 0.25) is 5.91 Å². The summed E-state index contributed by atoms with van der Waals surface area (Å²) in [7, 11) is 1.67. The molecule has 2 aromatic carbocycles. The van der Waals surface area contributed by atoms with E-state index in [0.29, 0.717) is 25.9 Å². The lowest BCUT2D eigenvalue weighted by Crippen LogP contribution is -2.61. The minimum atomic E-state index is -0.244. The van der Waals surface area contributed by atoms with E-state index in [4.69, 9.17) is 4.74 Å². The van der Waals surface area contributed by atoms with Gasteiger partial charge in [0.1, 0.15) is 11.6 Å². The number of fused-ring (bicyclic) bond motifs is 3. The van der Waals surface area contributed by atoms with Crippen molar-refractivity contribution in [2.24, 2.45) is 5.92 Å². The van der Waals surface area contributed by atoms with E-state index < -0.39 is 0 Å². The van der Waals surface area contributed by atoms with Crippen molar-refractivity contribution < 1.29 is 13.9 Å². The molecule has 3 aromatic rings. The van der Waals surface area contributed by atoms with Crippen molar-refractivity contribution in [3.05, 3.63) is 83.9 Å². The molecule has 2 unspecified atom stereocenters. The minimum absolute atomic E-state index is 0.00765. The number of pyridine rings is 1. The van der Waals surface area contributed by atoms with Crippen LogP contribution in [0.15, 0.2) is 66.9 Å². The molecule has 1 aromatic heterocycles. The molecule has 2 aliphatic rings. The zero-order valence-electron chi connectivity index (χ0n) is 19.3. The van der Waals surface area contributed by atoms with Crippen LogP contribution in [0.1, 0.15) is 11.3 Å². The average Bonchev–Trinajstić information content (AvgIpc) is 2.88. The average molecular weight is 461 g/mol. The maximum absolute atomic E-state index is 13.5. The Morgan fingerprint density at radius 1 is 1.15 bits per heavy atom. The van der Waals surface area contributed by atoms with Crippen LogP contribution in [0.25, 0.3) is 0 Å². The molecular formula is C27H29FN4O2. The Labute approximate surface area is 199 Å². The third kappa shape index (κ3) is 4.55. The second-order valence-electron chi connectivity index (χ2n) is 8.85. The van der Waals surface area contributed by atoms with Crippen LogP contribution in [0.5, 0.6) is 5.75 Å². The third-order valence-electron chi connectivity index (χ3n) is 6.86. The van der Waals surface area contributed by atoms with E-state index in [1.807, 2.05) is 36.4 Å². The van der Waals surface area contributed by atoms with Gasteiger partial charge in [-0.1, -0.05) is 12.1 Å². The van der Waals surface area contributed by atoms with Gasteiger partial charge in [0.25, 0.3) is 0 Å². The standard InChI is InChI=1S/C27H29FN4O2/c1-34-23-10-5-19-16-24(27(33)30-13-11-21-4-2-3-12-29-21)26-18-31(14-15-32(26)25(19)17-23)22-8-6-20(28)7-9-22/h2-10,12,17,24,26H,11,13-16,18H2,1H3,(H,30,33). The number of hydrogen-bond donors (Lipinski definition) is 1. The number of benzene rings is 2. The van der Waals surface area contributed by atoms with Crippen LogP contribution in [0.4, 0.5) is 15.8 Å². The monoisotopic (exact) mass is 460 g/mol. The Hall–Kier alpha value is -3.61. The summed E-state index contributed by atoms with van der Waals surface area (Å²) >= 11 is 0. The third-order valence-corrected chi connectivity index (χ3v) is 6.86. The van der Waals surface area contributed by atoms with E-state index in [2.05, 4.69) is 32.2 Å². The highest BCUT2D eigenvalue weighted by Gasteiger charge is 2.41. The first-order valence-corrected chi connectivity index (χ1v) is 11.7. The van der Waals surface area contributed by atoms with Gasteiger partial charge in [-0.3, -0.25) is 9.78 Å². The predicted molar refractivity (Wildman–Crippen MR) is 131 cm³/mol. The number of amides is 1. The maximum atomic E-state index is 13.5. The van der Waals surface area contributed by atoms with Gasteiger partial charge in [0.05, 0.1) is 19.1 Å². The molecule has 1 saturated heterocycles. The second-order valence-corrected chi connectivity index (χ2v) is 8.85. The Morgan fingerprint density at radius 2 is 2.00 bits per heavy atom. The van der Waals surface area contributed by atoms with Gasteiger partial charge in [-0.15, -0.1) is 0 Å². The summed E-state index contributed by atoms with van der Waals surface area (Å²) in [5.41, 5.74) is 4.25. The van der Waals surface area contributed by atoms with E-state index in [9.17, 15) is 9.18 Å². The van der Waals surface area contributed by atoms with E-state index >= 15 is 0 Å². The smallest absolute Gasteiger partial charge is 0.225 e. The molecule has 34 heavy (non-hydrogen) atoms. The van der Waals surface area contributed by atoms with Crippen LogP contribution in [0.3, 0.4) is 0 Å². The summed E-state index contributed by atoms with van der Waals surface area (Å²) in [4.78, 5) is 22.4. The van der Waals surface area contributed by atoms with E-state index in [0.717, 1.165) is 41.5 Å². The highest BCUT2D eigenvalue weighted by molar-refractivity contribution is 5.82. The molecule has 0 radical (unpaired) electrons. The van der Waals surface area contributed by atoms with Crippen LogP contribution in [0.2, 0.25) is 0 Å². The Kier molecular flexibility index (Phi) is 6.34. The number of aromatic nitrogens is 1. The highest BCUT2D eigenvalue weighted by atomic mass is 19.1. The molecule has 1 N–H and O–H groups in total. The first-order chi connectivity index (χ1) is 16.6. The zero-order chi connectivity index (χ0) is 23.5. The number of carbonyl (C=O) groups is 1. The number of rotatable bonds is 6. The molecule has 5 rings (SSSR count). The lowest BCUT2D eigenvalue weighted by molar-refractivity contribution is -0.125. The molecule has 0 saturated carbocycles. The van der Waals surface area contributed by atoms with Gasteiger partial charge >= 0.3 is 0 Å². The summed E-state index contributed by atoms with van der Waals surface area (Å²) in [5.74, 6) is 0.448. The molecule has 0 spiro atoms. The lowest BCUT2D eigenvalue weighted by atomic mass is 9.83. The SMILES string of the molecule is COc1ccc2c(c1)N1CCN(c3ccc(F)cc3)CC1C(C(=O)NCCc1ccccn1)C2. The number of methoxy groups -OCH3 is 1. The Bertz CT molecular complexity index is 1140. The molecular weight excluding hydrogens is 431 g/mol. The van der Waals surface area contributed by atoms with Crippen molar-refractivity contribution in [3.8, 4) is 5.75 Å². The first kappa shape index (κ1) is 22.2. The summed E-state index contributed by atoms with van der Waals surface area (Å²) < 4.78 is 18.9. The summed E-state index contributed by atoms with van der Waals surface area (Å²) in [5, 5.41) is 3.15. The van der Waals surface area contributed by atoms with E-state index in [1.54, 1.807) is 13.3 Å². The van der Waals surface area contributed by atoms with Crippen LogP contribution < -0.4 is 19.9 Å². The van der Waals surface area contributed by atoms with Crippen LogP contribution in [-0.4, -0.2) is 50.2 Å². The van der Waals surface area contributed by atoms with Crippen LogP contribution in [-0.2, 0) is 17.6 Å². The van der Waals surface area contributed by atoms with E-state index in [1.165, 1.54) is 12.1 Å². The van der Waals surface area contributed by atoms with Gasteiger partial charge < -0.3 is 19.9 Å². The number of nitrogens with one attached hydrogen (secondary N) is 1. The lowest BCUT2D eigenvalue weighted by Gasteiger charge is -2.49. The summed E-state index contributed by atoms with van der Waals surface area (Å²) in [6.07, 6.45) is 3.14. The summed E-state index contributed by atoms with van der Waals surface area (Å²) in [6.45, 7) is 2.82. The predicted octanol–water partition coefficient (Wildman–Crippen LogP) is 3.46. The highest BCUT2D eigenvalue weighted by Crippen LogP contribution is 2.39. The number of anilines is 2. The van der Waals surface area contributed by atoms with Crippen molar-refractivity contribution >= 4 is 17.3 Å². The number of piperazine rings is 1. The fourth-order valence-corrected chi connectivity index (χ4v) is 5.08. The van der Waals surface area contributed by atoms with Gasteiger partial charge in [0.15, 0.2) is 0 Å².